The van der Waals surface area contributed by atoms with Crippen LogP contribution in [0.4, 0.5) is 13.2 Å². The van der Waals surface area contributed by atoms with Gasteiger partial charge in [-0.15, -0.1) is 0 Å². The van der Waals surface area contributed by atoms with Gasteiger partial charge in [-0.2, -0.15) is 0 Å². The Labute approximate surface area is 128 Å². The number of aryl methyl sites for hydroxylation is 1. The quantitative estimate of drug-likeness (QED) is 0.650. The minimum absolute atomic E-state index is 0.152. The maximum Gasteiger partial charge on any atom is 0.266 e. The fraction of sp³-hybridized carbons (Fsp3) is 0.263. The predicted molar refractivity (Wildman–Crippen MR) is 83.1 cm³/mol. The van der Waals surface area contributed by atoms with E-state index < -0.39 is 17.8 Å². The van der Waals surface area contributed by atoms with Crippen LogP contribution in [0.3, 0.4) is 0 Å². The van der Waals surface area contributed by atoms with E-state index in [2.05, 4.69) is 12.2 Å². The van der Waals surface area contributed by atoms with Crippen LogP contribution in [0.25, 0.3) is 5.57 Å². The summed E-state index contributed by atoms with van der Waals surface area (Å²) in [6.45, 7) is 3.54. The van der Waals surface area contributed by atoms with Crippen LogP contribution in [0.15, 0.2) is 54.2 Å². The van der Waals surface area contributed by atoms with E-state index in [0.717, 1.165) is 0 Å². The van der Waals surface area contributed by atoms with E-state index in [-0.39, 0.29) is 23.0 Å². The van der Waals surface area contributed by atoms with E-state index in [1.165, 1.54) is 12.5 Å². The van der Waals surface area contributed by atoms with Gasteiger partial charge in [-0.3, -0.25) is 0 Å². The number of hydrogen-bond donors (Lipinski definition) is 0. The Morgan fingerprint density at radius 2 is 1.64 bits per heavy atom. The van der Waals surface area contributed by atoms with E-state index in [1.807, 2.05) is 31.2 Å². The van der Waals surface area contributed by atoms with Crippen molar-refractivity contribution >= 4 is 5.57 Å². The number of allylic oxidation sites excluding steroid dienone is 8. The molecule has 3 rings (SSSR count). The van der Waals surface area contributed by atoms with Crippen LogP contribution >= 0.6 is 0 Å². The molecule has 1 aromatic rings. The Bertz CT molecular complexity index is 720. The Morgan fingerprint density at radius 1 is 0.955 bits per heavy atom. The smallest absolute Gasteiger partial charge is 0.206 e. The number of benzene rings is 1. The molecule has 0 spiro atoms. The zero-order valence-corrected chi connectivity index (χ0v) is 12.5. The summed E-state index contributed by atoms with van der Waals surface area (Å²) in [4.78, 5) is 0. The minimum atomic E-state index is -2.80. The van der Waals surface area contributed by atoms with Gasteiger partial charge < -0.3 is 0 Å². The molecule has 0 amide bonds. The maximum atomic E-state index is 14.5. The highest BCUT2D eigenvalue weighted by Gasteiger charge is 2.24. The SMILES string of the molecule is CC1=CC2C=CC(c3ccc(C)c(C(F)F)c3F)=CC2C=C1. The molecule has 2 aliphatic carbocycles. The molecular formula is C19H17F3. The molecule has 2 aliphatic rings. The lowest BCUT2D eigenvalue weighted by molar-refractivity contribution is 0.145. The monoisotopic (exact) mass is 302 g/mol. The molecule has 1 aromatic carbocycles. The molecule has 3 heteroatoms. The minimum Gasteiger partial charge on any atom is -0.206 e. The molecule has 0 fully saturated rings. The predicted octanol–water partition coefficient (Wildman–Crippen LogP) is 5.77. The molecular weight excluding hydrogens is 285 g/mol. The zero-order valence-electron chi connectivity index (χ0n) is 12.5. The molecule has 0 bridgehead atoms. The summed E-state index contributed by atoms with van der Waals surface area (Å²) in [5.41, 5.74) is 1.90. The van der Waals surface area contributed by atoms with Crippen molar-refractivity contribution < 1.29 is 13.2 Å². The van der Waals surface area contributed by atoms with Crippen molar-refractivity contribution in [3.8, 4) is 0 Å². The molecule has 0 aliphatic heterocycles. The summed E-state index contributed by atoms with van der Waals surface area (Å²) >= 11 is 0. The van der Waals surface area contributed by atoms with Gasteiger partial charge in [0.25, 0.3) is 6.43 Å². The number of alkyl halides is 2. The largest absolute Gasteiger partial charge is 0.266 e. The van der Waals surface area contributed by atoms with Crippen LogP contribution in [0, 0.1) is 24.6 Å². The molecule has 0 nitrogen and oxygen atoms in total. The number of rotatable bonds is 2. The molecule has 0 saturated heterocycles. The van der Waals surface area contributed by atoms with Crippen molar-refractivity contribution in [1.29, 1.82) is 0 Å². The lowest BCUT2D eigenvalue weighted by Gasteiger charge is -2.25. The van der Waals surface area contributed by atoms with Crippen molar-refractivity contribution in [2.45, 2.75) is 20.3 Å². The molecule has 0 aromatic heterocycles. The van der Waals surface area contributed by atoms with Gasteiger partial charge >= 0.3 is 0 Å². The van der Waals surface area contributed by atoms with Crippen molar-refractivity contribution in [3.63, 3.8) is 0 Å². The van der Waals surface area contributed by atoms with Gasteiger partial charge in [0.05, 0.1) is 5.56 Å². The molecule has 2 atom stereocenters. The van der Waals surface area contributed by atoms with Crippen molar-refractivity contribution in [3.05, 3.63) is 76.7 Å². The zero-order chi connectivity index (χ0) is 15.9. The standard InChI is InChI=1S/C19H17F3/c1-11-3-5-14-10-15(7-6-13(14)9-11)16-8-4-12(2)17(18(16)20)19(21)22/h3-10,13-14,19H,1-2H3. The average molecular weight is 302 g/mol. The Morgan fingerprint density at radius 3 is 2.36 bits per heavy atom. The second kappa shape index (κ2) is 5.64. The van der Waals surface area contributed by atoms with Crippen LogP contribution in [0.2, 0.25) is 0 Å². The normalized spacial score (nSPS) is 23.4. The molecule has 0 N–H and O–H groups in total. The van der Waals surface area contributed by atoms with Crippen LogP contribution in [0.1, 0.15) is 30.0 Å². The van der Waals surface area contributed by atoms with Gasteiger partial charge in [0.2, 0.25) is 0 Å². The third kappa shape index (κ3) is 2.56. The maximum absolute atomic E-state index is 14.5. The van der Waals surface area contributed by atoms with E-state index in [1.54, 1.807) is 12.1 Å². The highest BCUT2D eigenvalue weighted by atomic mass is 19.3. The first-order valence-electron chi connectivity index (χ1n) is 7.31. The summed E-state index contributed by atoms with van der Waals surface area (Å²) in [6, 6.07) is 3.14. The van der Waals surface area contributed by atoms with E-state index >= 15 is 0 Å². The summed E-state index contributed by atoms with van der Waals surface area (Å²) < 4.78 is 40.6. The molecule has 22 heavy (non-hydrogen) atoms. The summed E-state index contributed by atoms with van der Waals surface area (Å²) in [6.07, 6.45) is 9.24. The first kappa shape index (κ1) is 14.9. The summed E-state index contributed by atoms with van der Waals surface area (Å²) in [7, 11) is 0. The molecule has 0 saturated carbocycles. The van der Waals surface area contributed by atoms with Gasteiger partial charge in [0.1, 0.15) is 5.82 Å². The van der Waals surface area contributed by atoms with Crippen LogP contribution in [-0.2, 0) is 0 Å². The van der Waals surface area contributed by atoms with E-state index in [0.29, 0.717) is 5.57 Å². The lowest BCUT2D eigenvalue weighted by atomic mass is 9.80. The molecule has 2 unspecified atom stereocenters. The van der Waals surface area contributed by atoms with Crippen molar-refractivity contribution in [2.24, 2.45) is 11.8 Å². The van der Waals surface area contributed by atoms with Gasteiger partial charge in [0.15, 0.2) is 0 Å². The lowest BCUT2D eigenvalue weighted by Crippen LogP contribution is -2.13. The topological polar surface area (TPSA) is 0 Å². The van der Waals surface area contributed by atoms with Crippen LogP contribution < -0.4 is 0 Å². The fourth-order valence-corrected chi connectivity index (χ4v) is 3.05. The van der Waals surface area contributed by atoms with Gasteiger partial charge in [0, 0.05) is 17.4 Å². The van der Waals surface area contributed by atoms with Crippen molar-refractivity contribution in [1.82, 2.24) is 0 Å². The Kier molecular flexibility index (Phi) is 3.81. The third-order valence-corrected chi connectivity index (χ3v) is 4.28. The van der Waals surface area contributed by atoms with Gasteiger partial charge in [-0.05, 0) is 25.0 Å². The third-order valence-electron chi connectivity index (χ3n) is 4.28. The number of fused-ring (bicyclic) bond motifs is 1. The van der Waals surface area contributed by atoms with Gasteiger partial charge in [-0.25, -0.2) is 13.2 Å². The first-order chi connectivity index (χ1) is 10.5. The Balaban J connectivity index is 2.02. The number of halogens is 3. The van der Waals surface area contributed by atoms with E-state index in [9.17, 15) is 13.2 Å². The van der Waals surface area contributed by atoms with Crippen molar-refractivity contribution in [2.75, 3.05) is 0 Å². The highest BCUT2D eigenvalue weighted by Crippen LogP contribution is 2.36. The molecule has 114 valence electrons. The summed E-state index contributed by atoms with van der Waals surface area (Å²) in [5, 5.41) is 0. The Hall–Kier alpha value is -2.03. The first-order valence-corrected chi connectivity index (χ1v) is 7.31. The molecule has 0 heterocycles. The average Bonchev–Trinajstić information content (AvgIpc) is 2.46. The fourth-order valence-electron chi connectivity index (χ4n) is 3.05. The molecule has 0 radical (unpaired) electrons. The van der Waals surface area contributed by atoms with Gasteiger partial charge in [-0.1, -0.05) is 54.2 Å². The van der Waals surface area contributed by atoms with E-state index in [4.69, 9.17) is 0 Å². The van der Waals surface area contributed by atoms with Crippen LogP contribution in [-0.4, -0.2) is 0 Å². The summed E-state index contributed by atoms with van der Waals surface area (Å²) in [5.74, 6) is -0.396. The van der Waals surface area contributed by atoms with Crippen LogP contribution in [0.5, 0.6) is 0 Å². The second-order valence-electron chi connectivity index (χ2n) is 5.86. The number of hydrogen-bond acceptors (Lipinski definition) is 0. The second-order valence-corrected chi connectivity index (χ2v) is 5.86. The highest BCUT2D eigenvalue weighted by molar-refractivity contribution is 5.77.